The van der Waals surface area contributed by atoms with E-state index in [1.54, 1.807) is 0 Å². The van der Waals surface area contributed by atoms with Gasteiger partial charge in [-0.3, -0.25) is 4.79 Å². The van der Waals surface area contributed by atoms with E-state index in [0.717, 1.165) is 12.8 Å². The Labute approximate surface area is 108 Å². The zero-order chi connectivity index (χ0) is 12.9. The topological polar surface area (TPSA) is 66.5 Å². The molecule has 1 amide bonds. The summed E-state index contributed by atoms with van der Waals surface area (Å²) in [5, 5.41) is 2.52. The average Bonchev–Trinajstić information content (AvgIpc) is 2.35. The van der Waals surface area contributed by atoms with Crippen LogP contribution in [0.4, 0.5) is 0 Å². The van der Waals surface area contributed by atoms with Crippen molar-refractivity contribution in [3.63, 3.8) is 0 Å². The van der Waals surface area contributed by atoms with Gasteiger partial charge in [0.15, 0.2) is 0 Å². The summed E-state index contributed by atoms with van der Waals surface area (Å²) in [5.41, 5.74) is 0. The molecule has 1 saturated heterocycles. The summed E-state index contributed by atoms with van der Waals surface area (Å²) >= 11 is 5.51. The normalized spacial score (nSPS) is 22.4. The van der Waals surface area contributed by atoms with E-state index < -0.39 is 16.1 Å². The molecule has 1 unspecified atom stereocenters. The number of carbonyl (C=O) groups is 1. The second-order valence-corrected chi connectivity index (χ2v) is 6.51. The molecule has 1 N–H and O–H groups in total. The highest BCUT2D eigenvalue weighted by Gasteiger charge is 2.35. The highest BCUT2D eigenvalue weighted by molar-refractivity contribution is 7.89. The fourth-order valence-corrected chi connectivity index (χ4v) is 4.05. The van der Waals surface area contributed by atoms with Crippen LogP contribution in [0.2, 0.25) is 0 Å². The van der Waals surface area contributed by atoms with Gasteiger partial charge in [-0.15, -0.1) is 11.6 Å². The van der Waals surface area contributed by atoms with Crippen LogP contribution in [-0.4, -0.2) is 49.9 Å². The third kappa shape index (κ3) is 3.82. The van der Waals surface area contributed by atoms with E-state index in [-0.39, 0.29) is 11.7 Å². The van der Waals surface area contributed by atoms with Gasteiger partial charge in [0.25, 0.3) is 0 Å². The number of nitrogens with zero attached hydrogens (tertiary/aromatic N) is 1. The number of rotatable bonds is 5. The smallest absolute Gasteiger partial charge is 0.238 e. The number of alkyl halides is 1. The molecule has 0 aromatic rings. The van der Waals surface area contributed by atoms with E-state index >= 15 is 0 Å². The number of sulfonamides is 1. The molecular weight excluding hydrogens is 264 g/mol. The van der Waals surface area contributed by atoms with Crippen molar-refractivity contribution in [2.45, 2.75) is 31.7 Å². The molecule has 1 rings (SSSR count). The summed E-state index contributed by atoms with van der Waals surface area (Å²) < 4.78 is 25.5. The Morgan fingerprint density at radius 2 is 2.18 bits per heavy atom. The number of amides is 1. The molecule has 1 aliphatic rings. The number of hydrogen-bond acceptors (Lipinski definition) is 3. The molecule has 0 aromatic heterocycles. The molecule has 0 bridgehead atoms. The summed E-state index contributed by atoms with van der Waals surface area (Å²) in [7, 11) is -1.83. The summed E-state index contributed by atoms with van der Waals surface area (Å²) in [5.74, 6) is 0.112. The minimum absolute atomic E-state index is 0.0179. The predicted octanol–water partition coefficient (Wildman–Crippen LogP) is 0.546. The van der Waals surface area contributed by atoms with Crippen LogP contribution < -0.4 is 5.32 Å². The lowest BCUT2D eigenvalue weighted by molar-refractivity contribution is -0.125. The minimum Gasteiger partial charge on any atom is -0.358 e. The lowest BCUT2D eigenvalue weighted by Gasteiger charge is -2.33. The Bertz CT molecular complexity index is 359. The number of hydrogen-bond donors (Lipinski definition) is 1. The van der Waals surface area contributed by atoms with Crippen molar-refractivity contribution in [3.05, 3.63) is 0 Å². The molecule has 1 heterocycles. The van der Waals surface area contributed by atoms with Gasteiger partial charge in [0.05, 0.1) is 5.75 Å². The maximum atomic E-state index is 12.1. The van der Waals surface area contributed by atoms with Crippen molar-refractivity contribution >= 4 is 27.5 Å². The first kappa shape index (κ1) is 14.7. The molecule has 1 aliphatic heterocycles. The Balaban J connectivity index is 2.80. The van der Waals surface area contributed by atoms with Gasteiger partial charge in [-0.2, -0.15) is 4.31 Å². The Morgan fingerprint density at radius 1 is 1.47 bits per heavy atom. The number of carbonyl (C=O) groups excluding carboxylic acids is 1. The highest BCUT2D eigenvalue weighted by Crippen LogP contribution is 2.21. The van der Waals surface area contributed by atoms with E-state index in [9.17, 15) is 13.2 Å². The van der Waals surface area contributed by atoms with Crippen LogP contribution in [0.5, 0.6) is 0 Å². The molecular formula is C10H19ClN2O3S. The first-order chi connectivity index (χ1) is 8.03. The first-order valence-electron chi connectivity index (χ1n) is 5.80. The maximum Gasteiger partial charge on any atom is 0.238 e. The number of piperidine rings is 1. The van der Waals surface area contributed by atoms with Crippen molar-refractivity contribution in [2.75, 3.05) is 25.2 Å². The fraction of sp³-hybridized carbons (Fsp3) is 0.900. The Hall–Kier alpha value is -0.330. The molecule has 17 heavy (non-hydrogen) atoms. The number of nitrogens with one attached hydrogen (secondary N) is 1. The fourth-order valence-electron chi connectivity index (χ4n) is 2.02. The molecule has 0 radical (unpaired) electrons. The first-order valence-corrected chi connectivity index (χ1v) is 7.94. The Morgan fingerprint density at radius 3 is 2.76 bits per heavy atom. The van der Waals surface area contributed by atoms with Crippen LogP contribution >= 0.6 is 11.6 Å². The van der Waals surface area contributed by atoms with Crippen LogP contribution in [0.3, 0.4) is 0 Å². The van der Waals surface area contributed by atoms with Gasteiger partial charge in [-0.1, -0.05) is 6.42 Å². The van der Waals surface area contributed by atoms with E-state index in [1.165, 1.54) is 11.4 Å². The van der Waals surface area contributed by atoms with E-state index in [0.29, 0.717) is 25.3 Å². The third-order valence-corrected chi connectivity index (χ3v) is 5.12. The van der Waals surface area contributed by atoms with Gasteiger partial charge in [0, 0.05) is 19.5 Å². The van der Waals surface area contributed by atoms with Crippen LogP contribution in [0.1, 0.15) is 25.7 Å². The van der Waals surface area contributed by atoms with Gasteiger partial charge in [0.1, 0.15) is 6.04 Å². The van der Waals surface area contributed by atoms with Crippen molar-refractivity contribution in [1.29, 1.82) is 0 Å². The highest BCUT2D eigenvalue weighted by atomic mass is 35.5. The van der Waals surface area contributed by atoms with Crippen LogP contribution in [0.15, 0.2) is 0 Å². The van der Waals surface area contributed by atoms with Crippen LogP contribution in [0.25, 0.3) is 0 Å². The molecule has 1 atom stereocenters. The summed E-state index contributed by atoms with van der Waals surface area (Å²) in [6.45, 7) is 0.433. The summed E-state index contributed by atoms with van der Waals surface area (Å²) in [4.78, 5) is 11.7. The van der Waals surface area contributed by atoms with Gasteiger partial charge < -0.3 is 5.32 Å². The minimum atomic E-state index is -3.36. The molecule has 0 spiro atoms. The van der Waals surface area contributed by atoms with E-state index in [1.807, 2.05) is 0 Å². The maximum absolute atomic E-state index is 12.1. The van der Waals surface area contributed by atoms with Crippen LogP contribution in [0, 0.1) is 0 Å². The molecule has 0 saturated carbocycles. The zero-order valence-electron chi connectivity index (χ0n) is 9.99. The van der Waals surface area contributed by atoms with Crippen molar-refractivity contribution < 1.29 is 13.2 Å². The third-order valence-electron chi connectivity index (χ3n) is 2.90. The second kappa shape index (κ2) is 6.56. The van der Waals surface area contributed by atoms with Gasteiger partial charge >= 0.3 is 0 Å². The van der Waals surface area contributed by atoms with Crippen molar-refractivity contribution in [3.8, 4) is 0 Å². The largest absolute Gasteiger partial charge is 0.358 e. The quantitative estimate of drug-likeness (QED) is 0.749. The second-order valence-electron chi connectivity index (χ2n) is 4.10. The molecule has 7 heteroatoms. The summed E-state index contributed by atoms with van der Waals surface area (Å²) in [6.07, 6.45) is 2.72. The van der Waals surface area contributed by atoms with E-state index in [4.69, 9.17) is 11.6 Å². The van der Waals surface area contributed by atoms with Crippen molar-refractivity contribution in [1.82, 2.24) is 9.62 Å². The molecule has 100 valence electrons. The SMILES string of the molecule is CNC(=O)C1CCCCN1S(=O)(=O)CCCCl. The predicted molar refractivity (Wildman–Crippen MR) is 67.5 cm³/mol. The van der Waals surface area contributed by atoms with Crippen molar-refractivity contribution in [2.24, 2.45) is 0 Å². The number of halogens is 1. The van der Waals surface area contributed by atoms with Gasteiger partial charge in [0.2, 0.25) is 15.9 Å². The monoisotopic (exact) mass is 282 g/mol. The van der Waals surface area contributed by atoms with Gasteiger partial charge in [-0.05, 0) is 19.3 Å². The summed E-state index contributed by atoms with van der Waals surface area (Å²) in [6, 6.07) is -0.547. The van der Waals surface area contributed by atoms with E-state index in [2.05, 4.69) is 5.32 Å². The molecule has 0 aromatic carbocycles. The Kier molecular flexibility index (Phi) is 5.69. The lowest BCUT2D eigenvalue weighted by Crippen LogP contribution is -2.51. The van der Waals surface area contributed by atoms with Gasteiger partial charge in [-0.25, -0.2) is 8.42 Å². The molecule has 1 fully saturated rings. The average molecular weight is 283 g/mol. The molecule has 5 nitrogen and oxygen atoms in total. The molecule has 0 aliphatic carbocycles. The standard InChI is InChI=1S/C10H19ClN2O3S/c1-12-10(14)9-5-2-3-7-13(9)17(15,16)8-4-6-11/h9H,2-8H2,1H3,(H,12,14). The number of likely N-dealkylation sites (N-methyl/N-ethyl adjacent to an activating group) is 1. The van der Waals surface area contributed by atoms with Crippen LogP contribution in [-0.2, 0) is 14.8 Å². The lowest BCUT2D eigenvalue weighted by atomic mass is 10.0. The zero-order valence-corrected chi connectivity index (χ0v) is 11.6.